The van der Waals surface area contributed by atoms with Gasteiger partial charge in [-0.15, -0.1) is 0 Å². The van der Waals surface area contributed by atoms with Gasteiger partial charge in [-0.2, -0.15) is 0 Å². The van der Waals surface area contributed by atoms with Gasteiger partial charge in [-0.1, -0.05) is 12.1 Å². The van der Waals surface area contributed by atoms with Gasteiger partial charge in [0.2, 0.25) is 10.0 Å². The van der Waals surface area contributed by atoms with E-state index in [1.54, 1.807) is 0 Å². The molecule has 2 aliphatic rings. The van der Waals surface area contributed by atoms with Gasteiger partial charge in [0.25, 0.3) is 0 Å². The Morgan fingerprint density at radius 1 is 1.23 bits per heavy atom. The van der Waals surface area contributed by atoms with Gasteiger partial charge in [-0.3, -0.25) is 0 Å². The molecule has 1 N–H and O–H groups in total. The number of alkyl carbamates (subject to hydrolysis) is 1. The number of nitrogens with zero attached hydrogens (tertiary/aromatic N) is 1. The van der Waals surface area contributed by atoms with Crippen LogP contribution in [0.3, 0.4) is 0 Å². The first-order valence-electron chi connectivity index (χ1n) is 7.08. The van der Waals surface area contributed by atoms with Gasteiger partial charge in [0.1, 0.15) is 11.4 Å². The van der Waals surface area contributed by atoms with Crippen LogP contribution in [-0.4, -0.2) is 44.1 Å². The van der Waals surface area contributed by atoms with Crippen molar-refractivity contribution in [2.45, 2.75) is 24.2 Å². The van der Waals surface area contributed by atoms with Crippen molar-refractivity contribution in [3.8, 4) is 0 Å². The third-order valence-electron chi connectivity index (χ3n) is 4.15. The maximum Gasteiger partial charge on any atom is 0.407 e. The fourth-order valence-corrected chi connectivity index (χ4v) is 4.37. The molecular weight excluding hydrogens is 311 g/mol. The van der Waals surface area contributed by atoms with E-state index in [9.17, 15) is 17.6 Å². The lowest BCUT2D eigenvalue weighted by Gasteiger charge is -2.36. The van der Waals surface area contributed by atoms with Crippen LogP contribution in [-0.2, 0) is 20.5 Å². The summed E-state index contributed by atoms with van der Waals surface area (Å²) in [5.74, 6) is -0.546. The van der Waals surface area contributed by atoms with E-state index in [0.717, 1.165) is 0 Å². The van der Waals surface area contributed by atoms with Crippen molar-refractivity contribution in [1.29, 1.82) is 0 Å². The summed E-state index contributed by atoms with van der Waals surface area (Å²) < 4.78 is 44.4. The predicted octanol–water partition coefficient (Wildman–Crippen LogP) is 1.23. The predicted molar refractivity (Wildman–Crippen MR) is 77.0 cm³/mol. The Morgan fingerprint density at radius 3 is 2.41 bits per heavy atom. The molecule has 0 bridgehead atoms. The zero-order chi connectivity index (χ0) is 15.8. The molecule has 1 aromatic carbocycles. The monoisotopic (exact) mass is 328 g/mol. The van der Waals surface area contributed by atoms with Crippen LogP contribution in [0, 0.1) is 5.82 Å². The zero-order valence-electron chi connectivity index (χ0n) is 11.9. The van der Waals surface area contributed by atoms with E-state index in [1.807, 2.05) is 0 Å². The Morgan fingerprint density at radius 2 is 1.86 bits per heavy atom. The molecule has 1 spiro atoms. The molecular formula is C14H17FN2O4S. The van der Waals surface area contributed by atoms with Crippen LogP contribution in [0.2, 0.25) is 0 Å². The number of carbonyl (C=O) groups is 1. The number of ether oxygens (including phenoxy) is 1. The average molecular weight is 328 g/mol. The molecule has 0 unspecified atom stereocenters. The maximum atomic E-state index is 12.9. The van der Waals surface area contributed by atoms with Gasteiger partial charge < -0.3 is 10.1 Å². The summed E-state index contributed by atoms with van der Waals surface area (Å²) in [6, 6.07) is 5.45. The van der Waals surface area contributed by atoms with Crippen molar-refractivity contribution in [3.05, 3.63) is 35.6 Å². The quantitative estimate of drug-likeness (QED) is 0.905. The van der Waals surface area contributed by atoms with Gasteiger partial charge >= 0.3 is 6.09 Å². The molecule has 2 aliphatic heterocycles. The number of hydrogen-bond donors (Lipinski definition) is 1. The molecule has 0 aliphatic carbocycles. The average Bonchev–Trinajstić information content (AvgIpc) is 2.82. The Balaban J connectivity index is 1.64. The second-order valence-electron chi connectivity index (χ2n) is 5.71. The highest BCUT2D eigenvalue weighted by Crippen LogP contribution is 2.30. The molecule has 120 valence electrons. The third-order valence-corrected chi connectivity index (χ3v) is 6.00. The number of amides is 1. The van der Waals surface area contributed by atoms with E-state index in [4.69, 9.17) is 4.74 Å². The highest BCUT2D eigenvalue weighted by molar-refractivity contribution is 7.88. The first kappa shape index (κ1) is 15.2. The summed E-state index contributed by atoms with van der Waals surface area (Å²) in [7, 11) is -3.46. The maximum absolute atomic E-state index is 12.9. The summed E-state index contributed by atoms with van der Waals surface area (Å²) >= 11 is 0. The molecule has 2 heterocycles. The van der Waals surface area contributed by atoms with Crippen LogP contribution in [0.25, 0.3) is 0 Å². The van der Waals surface area contributed by atoms with Crippen LogP contribution >= 0.6 is 0 Å². The molecule has 2 fully saturated rings. The van der Waals surface area contributed by atoms with Gasteiger partial charge in [0.05, 0.1) is 12.3 Å². The minimum Gasteiger partial charge on any atom is -0.441 e. The van der Waals surface area contributed by atoms with E-state index in [0.29, 0.717) is 38.0 Å². The van der Waals surface area contributed by atoms with E-state index < -0.39 is 27.5 Å². The molecule has 6 nitrogen and oxygen atoms in total. The van der Waals surface area contributed by atoms with E-state index >= 15 is 0 Å². The lowest BCUT2D eigenvalue weighted by Crippen LogP contribution is -2.48. The van der Waals surface area contributed by atoms with E-state index in [-0.39, 0.29) is 5.75 Å². The highest BCUT2D eigenvalue weighted by Gasteiger charge is 2.44. The lowest BCUT2D eigenvalue weighted by molar-refractivity contribution is 0.0173. The second-order valence-corrected chi connectivity index (χ2v) is 7.68. The van der Waals surface area contributed by atoms with Crippen molar-refractivity contribution in [3.63, 3.8) is 0 Å². The third kappa shape index (κ3) is 3.07. The minimum absolute atomic E-state index is 0.154. The fourth-order valence-electron chi connectivity index (χ4n) is 2.84. The molecule has 22 heavy (non-hydrogen) atoms. The molecule has 0 aromatic heterocycles. The Hall–Kier alpha value is -1.67. The van der Waals surface area contributed by atoms with Gasteiger partial charge in [0, 0.05) is 25.9 Å². The van der Waals surface area contributed by atoms with Gasteiger partial charge in [-0.05, 0) is 17.7 Å². The smallest absolute Gasteiger partial charge is 0.407 e. The minimum atomic E-state index is -3.46. The van der Waals surface area contributed by atoms with Crippen LogP contribution in [0.1, 0.15) is 18.4 Å². The fraction of sp³-hybridized carbons (Fsp3) is 0.500. The van der Waals surface area contributed by atoms with Crippen molar-refractivity contribution >= 4 is 16.1 Å². The first-order chi connectivity index (χ1) is 10.4. The number of hydrogen-bond acceptors (Lipinski definition) is 4. The molecule has 8 heteroatoms. The van der Waals surface area contributed by atoms with Crippen LogP contribution in [0.5, 0.6) is 0 Å². The summed E-state index contributed by atoms with van der Waals surface area (Å²) in [5.41, 5.74) is -0.0189. The van der Waals surface area contributed by atoms with Gasteiger partial charge in [0.15, 0.2) is 0 Å². The standard InChI is InChI=1S/C14H17FN2O4S/c15-12-3-1-11(2-4-12)9-22(19,20)17-7-5-14(6-8-17)10-16-13(18)21-14/h1-4H,5-10H2,(H,16,18). The SMILES string of the molecule is O=C1NCC2(CCN(S(=O)(=O)Cc3ccc(F)cc3)CC2)O1. The first-order valence-corrected chi connectivity index (χ1v) is 8.69. The summed E-state index contributed by atoms with van der Waals surface area (Å²) in [5, 5.41) is 2.61. The zero-order valence-corrected chi connectivity index (χ0v) is 12.7. The second kappa shape index (κ2) is 5.51. The van der Waals surface area contributed by atoms with Crippen molar-refractivity contribution < 1.29 is 22.3 Å². The van der Waals surface area contributed by atoms with Crippen molar-refractivity contribution in [2.75, 3.05) is 19.6 Å². The summed E-state index contributed by atoms with van der Waals surface area (Å²) in [6.45, 7) is 1.06. The Kier molecular flexibility index (Phi) is 3.82. The molecule has 1 amide bonds. The number of piperidine rings is 1. The molecule has 1 aromatic rings. The van der Waals surface area contributed by atoms with E-state index in [2.05, 4.69) is 5.32 Å². The summed E-state index contributed by atoms with van der Waals surface area (Å²) in [4.78, 5) is 11.2. The van der Waals surface area contributed by atoms with Crippen molar-refractivity contribution in [1.82, 2.24) is 9.62 Å². The van der Waals surface area contributed by atoms with Crippen molar-refractivity contribution in [2.24, 2.45) is 0 Å². The molecule has 3 rings (SSSR count). The number of benzene rings is 1. The molecule has 0 radical (unpaired) electrons. The number of sulfonamides is 1. The molecule has 0 saturated carbocycles. The van der Waals surface area contributed by atoms with Gasteiger partial charge in [-0.25, -0.2) is 21.9 Å². The number of halogens is 1. The summed E-state index contributed by atoms with van der Waals surface area (Å²) in [6.07, 6.45) is 0.519. The van der Waals surface area contributed by atoms with E-state index in [1.165, 1.54) is 28.6 Å². The number of nitrogens with one attached hydrogen (secondary N) is 1. The number of rotatable bonds is 3. The topological polar surface area (TPSA) is 75.7 Å². The number of carbonyl (C=O) groups excluding carboxylic acids is 1. The normalized spacial score (nSPS) is 21.6. The molecule has 2 saturated heterocycles. The largest absolute Gasteiger partial charge is 0.441 e. The Labute approximate surface area is 128 Å². The lowest BCUT2D eigenvalue weighted by atomic mass is 9.93. The van der Waals surface area contributed by atoms with Crippen LogP contribution < -0.4 is 5.32 Å². The van der Waals surface area contributed by atoms with Crippen LogP contribution in [0.15, 0.2) is 24.3 Å². The van der Waals surface area contributed by atoms with Crippen LogP contribution in [0.4, 0.5) is 9.18 Å². The highest BCUT2D eigenvalue weighted by atomic mass is 32.2. The Bertz CT molecular complexity index is 667. The molecule has 0 atom stereocenters.